The lowest BCUT2D eigenvalue weighted by Gasteiger charge is -2.14. The zero-order valence-corrected chi connectivity index (χ0v) is 15.7. The van der Waals surface area contributed by atoms with E-state index in [1.165, 1.54) is 0 Å². The predicted octanol–water partition coefficient (Wildman–Crippen LogP) is 4.59. The Morgan fingerprint density at radius 3 is 2.43 bits per heavy atom. The Morgan fingerprint density at radius 1 is 0.964 bits per heavy atom. The maximum absolute atomic E-state index is 13.0. The minimum Gasteiger partial charge on any atom is -0.380 e. The van der Waals surface area contributed by atoms with Crippen LogP contribution < -0.4 is 10.6 Å². The molecule has 1 aliphatic carbocycles. The van der Waals surface area contributed by atoms with Gasteiger partial charge in [0, 0.05) is 18.7 Å². The van der Waals surface area contributed by atoms with Crippen LogP contribution in [0.3, 0.4) is 0 Å². The second kappa shape index (κ2) is 7.82. The van der Waals surface area contributed by atoms with Gasteiger partial charge in [-0.1, -0.05) is 36.4 Å². The van der Waals surface area contributed by atoms with Crippen molar-refractivity contribution < 1.29 is 14.3 Å². The molecule has 0 atom stereocenters. The third kappa shape index (κ3) is 4.05. The van der Waals surface area contributed by atoms with Gasteiger partial charge in [-0.25, -0.2) is 0 Å². The Hall–Kier alpha value is -3.18. The Morgan fingerprint density at radius 2 is 1.71 bits per heavy atom. The molecule has 28 heavy (non-hydrogen) atoms. The summed E-state index contributed by atoms with van der Waals surface area (Å²) < 4.78 is 5.15. The summed E-state index contributed by atoms with van der Waals surface area (Å²) in [5, 5.41) is 7.81. The molecule has 2 N–H and O–H groups in total. The number of hydrogen-bond acceptors (Lipinski definition) is 3. The van der Waals surface area contributed by atoms with Crippen molar-refractivity contribution in [1.82, 2.24) is 0 Å². The van der Waals surface area contributed by atoms with Gasteiger partial charge in [0.2, 0.25) is 5.91 Å². The Labute approximate surface area is 163 Å². The number of nitrogens with one attached hydrogen (secondary N) is 2. The van der Waals surface area contributed by atoms with Gasteiger partial charge < -0.3 is 15.4 Å². The van der Waals surface area contributed by atoms with Gasteiger partial charge in [0.15, 0.2) is 0 Å². The average Bonchev–Trinajstić information content (AvgIpc) is 3.53. The summed E-state index contributed by atoms with van der Waals surface area (Å²) in [7, 11) is 1.63. The van der Waals surface area contributed by atoms with Gasteiger partial charge in [-0.3, -0.25) is 9.59 Å². The van der Waals surface area contributed by atoms with Crippen LogP contribution >= 0.6 is 0 Å². The minimum atomic E-state index is -0.258. The standard InChI is InChI=1S/C23H22N2O3/c1-28-14-15-5-4-8-19(11-15)24-23(27)20-12-17-6-2-3-7-18(17)13-21(20)25-22(26)16-9-10-16/h2-8,11-13,16H,9-10,14H2,1H3,(H,24,27)(H,25,26). The molecule has 0 radical (unpaired) electrons. The maximum Gasteiger partial charge on any atom is 0.257 e. The zero-order chi connectivity index (χ0) is 19.5. The quantitative estimate of drug-likeness (QED) is 0.663. The summed E-state index contributed by atoms with van der Waals surface area (Å²) in [6.07, 6.45) is 1.82. The molecule has 142 valence electrons. The molecule has 5 heteroatoms. The van der Waals surface area contributed by atoms with Gasteiger partial charge >= 0.3 is 0 Å². The van der Waals surface area contributed by atoms with Crippen molar-refractivity contribution in [3.8, 4) is 0 Å². The number of fused-ring (bicyclic) bond motifs is 1. The van der Waals surface area contributed by atoms with Gasteiger partial charge in [-0.2, -0.15) is 0 Å². The van der Waals surface area contributed by atoms with Crippen LogP contribution in [0.25, 0.3) is 10.8 Å². The van der Waals surface area contributed by atoms with Crippen molar-refractivity contribution in [2.45, 2.75) is 19.4 Å². The molecule has 3 aromatic rings. The van der Waals surface area contributed by atoms with Crippen LogP contribution in [0.15, 0.2) is 60.7 Å². The summed E-state index contributed by atoms with van der Waals surface area (Å²) in [5.41, 5.74) is 2.65. The number of rotatable bonds is 6. The van der Waals surface area contributed by atoms with E-state index in [0.29, 0.717) is 23.5 Å². The molecule has 2 amide bonds. The molecule has 5 nitrogen and oxygen atoms in total. The zero-order valence-electron chi connectivity index (χ0n) is 15.7. The molecule has 4 rings (SSSR count). The van der Waals surface area contributed by atoms with Crippen LogP contribution in [0.1, 0.15) is 28.8 Å². The summed E-state index contributed by atoms with van der Waals surface area (Å²) in [6, 6.07) is 19.0. The van der Waals surface area contributed by atoms with E-state index in [4.69, 9.17) is 4.74 Å². The highest BCUT2D eigenvalue weighted by Gasteiger charge is 2.30. The highest BCUT2D eigenvalue weighted by atomic mass is 16.5. The molecule has 0 heterocycles. The second-order valence-corrected chi connectivity index (χ2v) is 7.10. The number of carbonyl (C=O) groups is 2. The van der Waals surface area contributed by atoms with Crippen molar-refractivity contribution in [2.75, 3.05) is 17.7 Å². The first-order valence-corrected chi connectivity index (χ1v) is 9.37. The number of anilines is 2. The first-order valence-electron chi connectivity index (χ1n) is 9.37. The number of ether oxygens (including phenoxy) is 1. The van der Waals surface area contributed by atoms with Gasteiger partial charge in [0.25, 0.3) is 5.91 Å². The van der Waals surface area contributed by atoms with E-state index in [1.807, 2.05) is 60.7 Å². The van der Waals surface area contributed by atoms with E-state index < -0.39 is 0 Å². The normalized spacial score (nSPS) is 13.3. The minimum absolute atomic E-state index is 0.0218. The third-order valence-corrected chi connectivity index (χ3v) is 4.83. The van der Waals surface area contributed by atoms with E-state index in [9.17, 15) is 9.59 Å². The van der Waals surface area contributed by atoms with Crippen LogP contribution in [0.5, 0.6) is 0 Å². The first kappa shape index (κ1) is 18.2. The largest absolute Gasteiger partial charge is 0.380 e. The Kier molecular flexibility index (Phi) is 5.08. The van der Waals surface area contributed by atoms with Crippen molar-refractivity contribution in [3.05, 3.63) is 71.8 Å². The van der Waals surface area contributed by atoms with E-state index in [1.54, 1.807) is 7.11 Å². The summed E-state index contributed by atoms with van der Waals surface area (Å²) in [6.45, 7) is 0.475. The Balaban J connectivity index is 1.65. The molecule has 3 aromatic carbocycles. The van der Waals surface area contributed by atoms with Crippen LogP contribution in [0, 0.1) is 5.92 Å². The molecule has 0 saturated heterocycles. The number of hydrogen-bond donors (Lipinski definition) is 2. The predicted molar refractivity (Wildman–Crippen MR) is 110 cm³/mol. The first-order chi connectivity index (χ1) is 13.6. The summed E-state index contributed by atoms with van der Waals surface area (Å²) in [5.74, 6) is -0.217. The SMILES string of the molecule is COCc1cccc(NC(=O)c2cc3ccccc3cc2NC(=O)C2CC2)c1. The number of amides is 2. The third-order valence-electron chi connectivity index (χ3n) is 4.83. The van der Waals surface area contributed by atoms with E-state index in [0.717, 1.165) is 29.2 Å². The summed E-state index contributed by atoms with van der Waals surface area (Å²) >= 11 is 0. The molecule has 0 unspecified atom stereocenters. The molecule has 0 aliphatic heterocycles. The number of benzene rings is 3. The van der Waals surface area contributed by atoms with E-state index in [2.05, 4.69) is 10.6 Å². The van der Waals surface area contributed by atoms with E-state index >= 15 is 0 Å². The van der Waals surface area contributed by atoms with Crippen LogP contribution in [-0.2, 0) is 16.1 Å². The number of carbonyl (C=O) groups excluding carboxylic acids is 2. The fourth-order valence-corrected chi connectivity index (χ4v) is 3.22. The molecule has 1 fully saturated rings. The molecular formula is C23H22N2O3. The fourth-order valence-electron chi connectivity index (χ4n) is 3.22. The van der Waals surface area contributed by atoms with Crippen molar-refractivity contribution in [3.63, 3.8) is 0 Å². The molecule has 1 aliphatic rings. The van der Waals surface area contributed by atoms with Gasteiger partial charge in [-0.15, -0.1) is 0 Å². The van der Waals surface area contributed by atoms with E-state index in [-0.39, 0.29) is 17.7 Å². The lowest BCUT2D eigenvalue weighted by Crippen LogP contribution is -2.19. The molecular weight excluding hydrogens is 352 g/mol. The second-order valence-electron chi connectivity index (χ2n) is 7.10. The number of methoxy groups -OCH3 is 1. The smallest absolute Gasteiger partial charge is 0.257 e. The molecule has 0 aromatic heterocycles. The van der Waals surface area contributed by atoms with Gasteiger partial charge in [0.1, 0.15) is 0 Å². The highest BCUT2D eigenvalue weighted by Crippen LogP contribution is 2.32. The lowest BCUT2D eigenvalue weighted by molar-refractivity contribution is -0.117. The molecule has 0 spiro atoms. The lowest BCUT2D eigenvalue weighted by atomic mass is 10.0. The fraction of sp³-hybridized carbons (Fsp3) is 0.217. The van der Waals surface area contributed by atoms with Gasteiger partial charge in [0.05, 0.1) is 17.9 Å². The highest BCUT2D eigenvalue weighted by molar-refractivity contribution is 6.13. The van der Waals surface area contributed by atoms with Crippen LogP contribution in [-0.4, -0.2) is 18.9 Å². The summed E-state index contributed by atoms with van der Waals surface area (Å²) in [4.78, 5) is 25.3. The average molecular weight is 374 g/mol. The molecule has 1 saturated carbocycles. The Bertz CT molecular complexity index is 1040. The van der Waals surface area contributed by atoms with Crippen molar-refractivity contribution in [1.29, 1.82) is 0 Å². The maximum atomic E-state index is 13.0. The monoisotopic (exact) mass is 374 g/mol. The topological polar surface area (TPSA) is 67.4 Å². The molecule has 0 bridgehead atoms. The van der Waals surface area contributed by atoms with Crippen LogP contribution in [0.2, 0.25) is 0 Å². The van der Waals surface area contributed by atoms with Crippen molar-refractivity contribution >= 4 is 34.0 Å². The van der Waals surface area contributed by atoms with Crippen LogP contribution in [0.4, 0.5) is 11.4 Å². The van der Waals surface area contributed by atoms with Crippen molar-refractivity contribution in [2.24, 2.45) is 5.92 Å². The van der Waals surface area contributed by atoms with Gasteiger partial charge in [-0.05, 0) is 53.4 Å².